The van der Waals surface area contributed by atoms with Gasteiger partial charge in [-0.3, -0.25) is 0 Å². The Morgan fingerprint density at radius 3 is 2.72 bits per heavy atom. The number of nitrogens with one attached hydrogen (secondary N) is 1. The van der Waals surface area contributed by atoms with Crippen LogP contribution in [0.3, 0.4) is 0 Å². The predicted molar refractivity (Wildman–Crippen MR) is 78.4 cm³/mol. The molecular weight excluding hydrogens is 222 g/mol. The molecule has 1 saturated heterocycles. The van der Waals surface area contributed by atoms with Crippen LogP contribution < -0.4 is 10.2 Å². The molecule has 0 aromatic heterocycles. The summed E-state index contributed by atoms with van der Waals surface area (Å²) in [6.45, 7) is 9.11. The van der Waals surface area contributed by atoms with E-state index in [-0.39, 0.29) is 0 Å². The van der Waals surface area contributed by atoms with Gasteiger partial charge in [-0.1, -0.05) is 17.7 Å². The lowest BCUT2D eigenvalue weighted by Gasteiger charge is -2.25. The largest absolute Gasteiger partial charge is 0.373 e. The van der Waals surface area contributed by atoms with Gasteiger partial charge in [-0.15, -0.1) is 0 Å². The molecule has 1 aromatic rings. The van der Waals surface area contributed by atoms with E-state index in [1.807, 2.05) is 0 Å². The minimum Gasteiger partial charge on any atom is -0.373 e. The normalized spacial score (nSPS) is 17.4. The highest BCUT2D eigenvalue weighted by Gasteiger charge is 2.09. The second-order valence-corrected chi connectivity index (χ2v) is 5.20. The van der Waals surface area contributed by atoms with Gasteiger partial charge >= 0.3 is 0 Å². The fourth-order valence-electron chi connectivity index (χ4n) is 2.35. The van der Waals surface area contributed by atoms with E-state index in [1.54, 1.807) is 0 Å². The second kappa shape index (κ2) is 6.76. The Balaban J connectivity index is 1.80. The standard InChI is InChI=1S/C15H25N3/c1-14-4-6-15(7-5-14)17(2)12-13-18-10-3-8-16-9-11-18/h4-7,16H,3,8-13H2,1-2H3. The SMILES string of the molecule is Cc1ccc(N(C)CCN2CCCNCC2)cc1. The molecule has 2 rings (SSSR count). The summed E-state index contributed by atoms with van der Waals surface area (Å²) < 4.78 is 0. The summed E-state index contributed by atoms with van der Waals surface area (Å²) in [6, 6.07) is 8.78. The number of likely N-dealkylation sites (N-methyl/N-ethyl adjacent to an activating group) is 1. The lowest BCUT2D eigenvalue weighted by atomic mass is 10.2. The third-order valence-electron chi connectivity index (χ3n) is 3.66. The van der Waals surface area contributed by atoms with Crippen LogP contribution in [0.2, 0.25) is 0 Å². The lowest BCUT2D eigenvalue weighted by Crippen LogP contribution is -2.35. The zero-order chi connectivity index (χ0) is 12.8. The molecule has 0 spiro atoms. The second-order valence-electron chi connectivity index (χ2n) is 5.20. The van der Waals surface area contributed by atoms with Crippen LogP contribution in [0.5, 0.6) is 0 Å². The van der Waals surface area contributed by atoms with Gasteiger partial charge in [0.15, 0.2) is 0 Å². The third kappa shape index (κ3) is 4.00. The van der Waals surface area contributed by atoms with Gasteiger partial charge < -0.3 is 15.1 Å². The molecule has 1 aliphatic heterocycles. The molecule has 1 N–H and O–H groups in total. The van der Waals surface area contributed by atoms with Crippen molar-refractivity contribution in [3.8, 4) is 0 Å². The fourth-order valence-corrected chi connectivity index (χ4v) is 2.35. The molecule has 100 valence electrons. The number of rotatable bonds is 4. The van der Waals surface area contributed by atoms with Crippen molar-refractivity contribution in [3.63, 3.8) is 0 Å². The maximum absolute atomic E-state index is 3.45. The van der Waals surface area contributed by atoms with Crippen molar-refractivity contribution >= 4 is 5.69 Å². The molecule has 1 fully saturated rings. The van der Waals surface area contributed by atoms with Gasteiger partial charge in [-0.05, 0) is 38.6 Å². The van der Waals surface area contributed by atoms with E-state index in [0.29, 0.717) is 0 Å². The van der Waals surface area contributed by atoms with Crippen LogP contribution in [0.1, 0.15) is 12.0 Å². The van der Waals surface area contributed by atoms with Crippen LogP contribution in [0.4, 0.5) is 5.69 Å². The summed E-state index contributed by atoms with van der Waals surface area (Å²) in [4.78, 5) is 4.91. The van der Waals surface area contributed by atoms with E-state index in [4.69, 9.17) is 0 Å². The van der Waals surface area contributed by atoms with Gasteiger partial charge in [0.25, 0.3) is 0 Å². The molecule has 0 unspecified atom stereocenters. The lowest BCUT2D eigenvalue weighted by molar-refractivity contribution is 0.299. The van der Waals surface area contributed by atoms with E-state index < -0.39 is 0 Å². The topological polar surface area (TPSA) is 18.5 Å². The van der Waals surface area contributed by atoms with Crippen molar-refractivity contribution < 1.29 is 0 Å². The van der Waals surface area contributed by atoms with Crippen LogP contribution in [0, 0.1) is 6.92 Å². The monoisotopic (exact) mass is 247 g/mol. The number of nitrogens with zero attached hydrogens (tertiary/aromatic N) is 2. The first-order valence-corrected chi connectivity index (χ1v) is 6.96. The van der Waals surface area contributed by atoms with Gasteiger partial charge in [0.2, 0.25) is 0 Å². The molecule has 1 aromatic carbocycles. The number of hydrogen-bond donors (Lipinski definition) is 1. The van der Waals surface area contributed by atoms with E-state index >= 15 is 0 Å². The highest BCUT2D eigenvalue weighted by molar-refractivity contribution is 5.46. The van der Waals surface area contributed by atoms with Crippen molar-refractivity contribution in [2.45, 2.75) is 13.3 Å². The van der Waals surface area contributed by atoms with Gasteiger partial charge in [-0.25, -0.2) is 0 Å². The highest BCUT2D eigenvalue weighted by atomic mass is 15.2. The summed E-state index contributed by atoms with van der Waals surface area (Å²) in [5.41, 5.74) is 2.64. The minimum atomic E-state index is 1.10. The summed E-state index contributed by atoms with van der Waals surface area (Å²) in [6.07, 6.45) is 1.27. The van der Waals surface area contributed by atoms with Crippen molar-refractivity contribution in [2.75, 3.05) is 51.2 Å². The highest BCUT2D eigenvalue weighted by Crippen LogP contribution is 2.13. The van der Waals surface area contributed by atoms with Crippen LogP contribution in [0.25, 0.3) is 0 Å². The molecule has 0 radical (unpaired) electrons. The summed E-state index contributed by atoms with van der Waals surface area (Å²) >= 11 is 0. The first-order chi connectivity index (χ1) is 8.75. The molecule has 0 amide bonds. The third-order valence-corrected chi connectivity index (χ3v) is 3.66. The van der Waals surface area contributed by atoms with Crippen molar-refractivity contribution in [3.05, 3.63) is 29.8 Å². The smallest absolute Gasteiger partial charge is 0.0364 e. The van der Waals surface area contributed by atoms with Crippen molar-refractivity contribution in [2.24, 2.45) is 0 Å². The maximum atomic E-state index is 3.45. The quantitative estimate of drug-likeness (QED) is 0.874. The molecule has 18 heavy (non-hydrogen) atoms. The Morgan fingerprint density at radius 1 is 1.17 bits per heavy atom. The molecule has 0 saturated carbocycles. The predicted octanol–water partition coefficient (Wildman–Crippen LogP) is 1.73. The maximum Gasteiger partial charge on any atom is 0.0364 e. The van der Waals surface area contributed by atoms with Crippen LogP contribution in [-0.2, 0) is 0 Å². The van der Waals surface area contributed by atoms with Crippen LogP contribution in [0.15, 0.2) is 24.3 Å². The molecule has 3 nitrogen and oxygen atoms in total. The first-order valence-electron chi connectivity index (χ1n) is 6.96. The Hall–Kier alpha value is -1.06. The van der Waals surface area contributed by atoms with Gasteiger partial charge in [0.1, 0.15) is 0 Å². The first kappa shape index (κ1) is 13.4. The van der Waals surface area contributed by atoms with E-state index in [2.05, 4.69) is 53.4 Å². The van der Waals surface area contributed by atoms with Crippen LogP contribution in [-0.4, -0.2) is 51.2 Å². The van der Waals surface area contributed by atoms with Gasteiger partial charge in [-0.2, -0.15) is 0 Å². The Labute approximate surface area is 111 Å². The van der Waals surface area contributed by atoms with E-state index in [9.17, 15) is 0 Å². The Morgan fingerprint density at radius 2 is 1.94 bits per heavy atom. The summed E-state index contributed by atoms with van der Waals surface area (Å²) in [5, 5.41) is 3.45. The Bertz CT molecular complexity index is 339. The van der Waals surface area contributed by atoms with Gasteiger partial charge in [0.05, 0.1) is 0 Å². The zero-order valence-electron chi connectivity index (χ0n) is 11.7. The molecule has 0 aliphatic carbocycles. The zero-order valence-corrected chi connectivity index (χ0v) is 11.7. The van der Waals surface area contributed by atoms with E-state index in [0.717, 1.165) is 19.6 Å². The van der Waals surface area contributed by atoms with Crippen molar-refractivity contribution in [1.82, 2.24) is 10.2 Å². The summed E-state index contributed by atoms with van der Waals surface area (Å²) in [5.74, 6) is 0. The van der Waals surface area contributed by atoms with Crippen molar-refractivity contribution in [1.29, 1.82) is 0 Å². The average Bonchev–Trinajstić information content (AvgIpc) is 2.65. The number of hydrogen-bond acceptors (Lipinski definition) is 3. The number of aryl methyl sites for hydroxylation is 1. The fraction of sp³-hybridized carbons (Fsp3) is 0.600. The molecule has 0 atom stereocenters. The molecular formula is C15H25N3. The van der Waals surface area contributed by atoms with Crippen LogP contribution >= 0.6 is 0 Å². The molecule has 1 aliphatic rings. The van der Waals surface area contributed by atoms with Gasteiger partial charge in [0, 0.05) is 38.9 Å². The van der Waals surface area contributed by atoms with E-state index in [1.165, 1.54) is 37.3 Å². The number of anilines is 1. The Kier molecular flexibility index (Phi) is 5.02. The molecule has 0 bridgehead atoms. The molecule has 1 heterocycles. The number of benzene rings is 1. The minimum absolute atomic E-state index is 1.10. The average molecular weight is 247 g/mol. The summed E-state index contributed by atoms with van der Waals surface area (Å²) in [7, 11) is 2.18. The molecule has 3 heteroatoms.